The van der Waals surface area contributed by atoms with Gasteiger partial charge in [-0.2, -0.15) is 0 Å². The summed E-state index contributed by atoms with van der Waals surface area (Å²) in [6, 6.07) is 0. The van der Waals surface area contributed by atoms with Gasteiger partial charge in [-0.15, -0.1) is 0 Å². The minimum atomic E-state index is 0.580. The Kier molecular flexibility index (Phi) is 1.48. The molecule has 0 bridgehead atoms. The van der Waals surface area contributed by atoms with E-state index in [9.17, 15) is 0 Å². The molecule has 0 radical (unpaired) electrons. The van der Waals surface area contributed by atoms with Crippen molar-refractivity contribution in [3.05, 3.63) is 0 Å². The largest absolute Gasteiger partial charge is 0.380 e. The van der Waals surface area contributed by atoms with Gasteiger partial charge in [0.2, 0.25) is 0 Å². The lowest BCUT2D eigenvalue weighted by Gasteiger charge is -2.43. The van der Waals surface area contributed by atoms with Crippen LogP contribution in [-0.2, 0) is 4.74 Å². The second-order valence-corrected chi connectivity index (χ2v) is 4.13. The van der Waals surface area contributed by atoms with Crippen LogP contribution < -0.4 is 0 Å². The molecule has 1 aliphatic carbocycles. The topological polar surface area (TPSA) is 9.23 Å². The van der Waals surface area contributed by atoms with Crippen molar-refractivity contribution in [2.24, 2.45) is 11.3 Å². The average molecular weight is 140 g/mol. The Hall–Kier alpha value is -0.0400. The van der Waals surface area contributed by atoms with Crippen molar-refractivity contribution in [2.45, 2.75) is 32.6 Å². The van der Waals surface area contributed by atoms with Crippen molar-refractivity contribution in [3.63, 3.8) is 0 Å². The summed E-state index contributed by atoms with van der Waals surface area (Å²) in [5.74, 6) is 0.987. The predicted molar refractivity (Wildman–Crippen MR) is 40.9 cm³/mol. The van der Waals surface area contributed by atoms with Gasteiger partial charge < -0.3 is 4.74 Å². The van der Waals surface area contributed by atoms with Crippen LogP contribution in [-0.4, -0.2) is 13.2 Å². The van der Waals surface area contributed by atoms with Gasteiger partial charge in [0.1, 0.15) is 0 Å². The highest BCUT2D eigenvalue weighted by molar-refractivity contribution is 4.90. The van der Waals surface area contributed by atoms with Crippen LogP contribution in [0.5, 0.6) is 0 Å². The SMILES string of the molecule is CC1(C2CCCC2)COC1. The van der Waals surface area contributed by atoms with Crippen LogP contribution in [0.3, 0.4) is 0 Å². The summed E-state index contributed by atoms with van der Waals surface area (Å²) in [7, 11) is 0. The van der Waals surface area contributed by atoms with Gasteiger partial charge >= 0.3 is 0 Å². The van der Waals surface area contributed by atoms with E-state index in [1.807, 2.05) is 0 Å². The van der Waals surface area contributed by atoms with E-state index in [0.717, 1.165) is 19.1 Å². The van der Waals surface area contributed by atoms with Crippen molar-refractivity contribution in [1.82, 2.24) is 0 Å². The maximum Gasteiger partial charge on any atom is 0.0544 e. The first kappa shape index (κ1) is 6.66. The van der Waals surface area contributed by atoms with Gasteiger partial charge in [0, 0.05) is 5.41 Å². The zero-order valence-corrected chi connectivity index (χ0v) is 6.73. The lowest BCUT2D eigenvalue weighted by Crippen LogP contribution is -2.44. The van der Waals surface area contributed by atoms with Crippen LogP contribution in [0.25, 0.3) is 0 Å². The molecule has 0 N–H and O–H groups in total. The third kappa shape index (κ3) is 0.878. The molecule has 1 aliphatic heterocycles. The number of hydrogen-bond donors (Lipinski definition) is 0. The molecule has 1 saturated carbocycles. The monoisotopic (exact) mass is 140 g/mol. The quantitative estimate of drug-likeness (QED) is 0.542. The molecule has 1 heterocycles. The second-order valence-electron chi connectivity index (χ2n) is 4.13. The third-order valence-corrected chi connectivity index (χ3v) is 3.20. The van der Waals surface area contributed by atoms with Gasteiger partial charge in [-0.25, -0.2) is 0 Å². The summed E-state index contributed by atoms with van der Waals surface area (Å²) in [6.45, 7) is 4.43. The molecule has 2 fully saturated rings. The predicted octanol–water partition coefficient (Wildman–Crippen LogP) is 2.21. The molecular formula is C9H16O. The molecule has 0 aromatic carbocycles. The number of hydrogen-bond acceptors (Lipinski definition) is 1. The van der Waals surface area contributed by atoms with E-state index in [2.05, 4.69) is 6.92 Å². The summed E-state index contributed by atoms with van der Waals surface area (Å²) in [5, 5.41) is 0. The average Bonchev–Trinajstić information content (AvgIpc) is 2.33. The molecule has 10 heavy (non-hydrogen) atoms. The molecule has 58 valence electrons. The van der Waals surface area contributed by atoms with Crippen molar-refractivity contribution in [2.75, 3.05) is 13.2 Å². The fraction of sp³-hybridized carbons (Fsp3) is 1.00. The summed E-state index contributed by atoms with van der Waals surface area (Å²) in [6.07, 6.45) is 5.83. The zero-order valence-electron chi connectivity index (χ0n) is 6.73. The van der Waals surface area contributed by atoms with Crippen molar-refractivity contribution >= 4 is 0 Å². The van der Waals surface area contributed by atoms with Gasteiger partial charge in [-0.05, 0) is 18.8 Å². The normalized spacial score (nSPS) is 32.1. The van der Waals surface area contributed by atoms with Crippen LogP contribution in [0.4, 0.5) is 0 Å². The molecule has 2 aliphatic rings. The molecule has 0 aromatic rings. The van der Waals surface area contributed by atoms with Gasteiger partial charge in [0.15, 0.2) is 0 Å². The Labute approximate surface area is 62.8 Å². The van der Waals surface area contributed by atoms with Gasteiger partial charge in [-0.1, -0.05) is 19.8 Å². The van der Waals surface area contributed by atoms with Crippen LogP contribution in [0.15, 0.2) is 0 Å². The smallest absolute Gasteiger partial charge is 0.0544 e. The van der Waals surface area contributed by atoms with Crippen molar-refractivity contribution in [3.8, 4) is 0 Å². The van der Waals surface area contributed by atoms with E-state index in [-0.39, 0.29) is 0 Å². The minimum absolute atomic E-state index is 0.580. The Morgan fingerprint density at radius 3 is 2.20 bits per heavy atom. The minimum Gasteiger partial charge on any atom is -0.380 e. The van der Waals surface area contributed by atoms with Crippen molar-refractivity contribution < 1.29 is 4.74 Å². The molecular weight excluding hydrogens is 124 g/mol. The molecule has 2 rings (SSSR count). The van der Waals surface area contributed by atoms with Crippen LogP contribution in [0, 0.1) is 11.3 Å². The molecule has 0 unspecified atom stereocenters. The molecule has 1 saturated heterocycles. The molecule has 0 amide bonds. The summed E-state index contributed by atoms with van der Waals surface area (Å²) >= 11 is 0. The zero-order chi connectivity index (χ0) is 7.03. The van der Waals surface area contributed by atoms with Gasteiger partial charge in [0.25, 0.3) is 0 Å². The Morgan fingerprint density at radius 2 is 1.80 bits per heavy atom. The molecule has 0 atom stereocenters. The van der Waals surface area contributed by atoms with E-state index in [0.29, 0.717) is 5.41 Å². The van der Waals surface area contributed by atoms with Gasteiger partial charge in [-0.3, -0.25) is 0 Å². The number of rotatable bonds is 1. The number of ether oxygens (including phenoxy) is 1. The third-order valence-electron chi connectivity index (χ3n) is 3.20. The van der Waals surface area contributed by atoms with E-state index >= 15 is 0 Å². The van der Waals surface area contributed by atoms with Crippen molar-refractivity contribution in [1.29, 1.82) is 0 Å². The molecule has 0 spiro atoms. The summed E-state index contributed by atoms with van der Waals surface area (Å²) < 4.78 is 5.25. The standard InChI is InChI=1S/C9H16O/c1-9(6-10-7-9)8-4-2-3-5-8/h8H,2-7H2,1H3. The second kappa shape index (κ2) is 2.23. The fourth-order valence-electron chi connectivity index (χ4n) is 2.28. The molecule has 1 nitrogen and oxygen atoms in total. The lowest BCUT2D eigenvalue weighted by molar-refractivity contribution is -0.132. The van der Waals surface area contributed by atoms with E-state index in [4.69, 9.17) is 4.74 Å². The van der Waals surface area contributed by atoms with E-state index in [1.165, 1.54) is 25.7 Å². The van der Waals surface area contributed by atoms with Crippen LogP contribution >= 0.6 is 0 Å². The highest BCUT2D eigenvalue weighted by Gasteiger charge is 2.41. The summed E-state index contributed by atoms with van der Waals surface area (Å²) in [4.78, 5) is 0. The van der Waals surface area contributed by atoms with Crippen LogP contribution in [0.2, 0.25) is 0 Å². The maximum atomic E-state index is 5.25. The van der Waals surface area contributed by atoms with Gasteiger partial charge in [0.05, 0.1) is 13.2 Å². The Balaban J connectivity index is 1.96. The lowest BCUT2D eigenvalue weighted by atomic mass is 9.74. The summed E-state index contributed by atoms with van der Waals surface area (Å²) in [5.41, 5.74) is 0.580. The molecule has 1 heteroatoms. The first-order chi connectivity index (χ1) is 4.81. The fourth-order valence-corrected chi connectivity index (χ4v) is 2.28. The Bertz CT molecular complexity index is 121. The van der Waals surface area contributed by atoms with E-state index < -0.39 is 0 Å². The highest BCUT2D eigenvalue weighted by atomic mass is 16.5. The molecule has 0 aromatic heterocycles. The Morgan fingerprint density at radius 1 is 1.20 bits per heavy atom. The maximum absolute atomic E-state index is 5.25. The first-order valence-corrected chi connectivity index (χ1v) is 4.39. The van der Waals surface area contributed by atoms with E-state index in [1.54, 1.807) is 0 Å². The first-order valence-electron chi connectivity index (χ1n) is 4.39. The highest BCUT2D eigenvalue weighted by Crippen LogP contribution is 2.44. The van der Waals surface area contributed by atoms with Crippen LogP contribution in [0.1, 0.15) is 32.6 Å².